The summed E-state index contributed by atoms with van der Waals surface area (Å²) in [5.41, 5.74) is 14.0. The molecule has 0 radical (unpaired) electrons. The topological polar surface area (TPSA) is 115 Å². The van der Waals surface area contributed by atoms with Crippen LogP contribution in [0, 0.1) is 6.92 Å². The lowest BCUT2D eigenvalue weighted by atomic mass is 10.0. The monoisotopic (exact) mass is 305 g/mol. The van der Waals surface area contributed by atoms with Crippen molar-refractivity contribution in [3.05, 3.63) is 48.0 Å². The molecule has 21 heavy (non-hydrogen) atoms. The van der Waals surface area contributed by atoms with E-state index in [2.05, 4.69) is 0 Å². The van der Waals surface area contributed by atoms with Crippen molar-refractivity contribution in [1.82, 2.24) is 4.72 Å². The first kappa shape index (κ1) is 14.9. The second-order valence-corrected chi connectivity index (χ2v) is 6.25. The maximum absolute atomic E-state index is 11.8. The minimum absolute atomic E-state index is 0.0355. The molecule has 0 aliphatic rings. The maximum Gasteiger partial charge on any atom is 0.326 e. The van der Waals surface area contributed by atoms with Crippen LogP contribution in [-0.2, 0) is 10.0 Å². The van der Waals surface area contributed by atoms with Gasteiger partial charge in [-0.25, -0.2) is 17.9 Å². The van der Waals surface area contributed by atoms with Gasteiger partial charge in [0.05, 0.1) is 4.90 Å². The molecule has 0 aliphatic carbocycles. The first-order valence-electron chi connectivity index (χ1n) is 6.08. The molecule has 2 aromatic rings. The lowest BCUT2D eigenvalue weighted by Gasteiger charge is -2.09. The third-order valence-electron chi connectivity index (χ3n) is 2.97. The van der Waals surface area contributed by atoms with E-state index in [4.69, 9.17) is 11.5 Å². The molecule has 0 heterocycles. The number of nitrogen functional groups attached to an aromatic ring is 1. The van der Waals surface area contributed by atoms with Crippen LogP contribution in [0.1, 0.15) is 5.56 Å². The van der Waals surface area contributed by atoms with Crippen LogP contribution in [-0.4, -0.2) is 14.4 Å². The van der Waals surface area contributed by atoms with Gasteiger partial charge in [0.15, 0.2) is 0 Å². The highest BCUT2D eigenvalue weighted by Crippen LogP contribution is 2.26. The van der Waals surface area contributed by atoms with Crippen LogP contribution in [0.25, 0.3) is 11.1 Å². The Bertz CT molecular complexity index is 784. The Labute approximate surface area is 122 Å². The Morgan fingerprint density at radius 1 is 1.10 bits per heavy atom. The molecule has 2 rings (SSSR count). The number of hydrogen-bond donors (Lipinski definition) is 3. The molecule has 5 N–H and O–H groups in total. The van der Waals surface area contributed by atoms with Crippen molar-refractivity contribution in [1.29, 1.82) is 0 Å². The second-order valence-electron chi connectivity index (χ2n) is 4.57. The fraction of sp³-hybridized carbons (Fsp3) is 0.0714. The number of amides is 2. The molecule has 0 unspecified atom stereocenters. The molecular weight excluding hydrogens is 290 g/mol. The highest BCUT2D eigenvalue weighted by Gasteiger charge is 2.15. The smallest absolute Gasteiger partial charge is 0.326 e. The quantitative estimate of drug-likeness (QED) is 0.747. The first-order chi connectivity index (χ1) is 9.79. The standard InChI is InChI=1S/C14H15N3O3S/c1-9-2-5-11(15)8-13(9)10-3-6-12(7-4-10)21(19,20)17-14(16)18/h2-8H,15H2,1H3,(H3,16,17,18). The zero-order chi connectivity index (χ0) is 15.6. The molecule has 7 heteroatoms. The zero-order valence-corrected chi connectivity index (χ0v) is 12.1. The minimum atomic E-state index is -3.93. The molecular formula is C14H15N3O3S. The fourth-order valence-electron chi connectivity index (χ4n) is 1.96. The predicted octanol–water partition coefficient (Wildman–Crippen LogP) is 1.60. The number of carbonyl (C=O) groups excluding carboxylic acids is 1. The van der Waals surface area contributed by atoms with E-state index in [0.29, 0.717) is 5.69 Å². The van der Waals surface area contributed by atoms with Crippen molar-refractivity contribution < 1.29 is 13.2 Å². The molecule has 0 fully saturated rings. The van der Waals surface area contributed by atoms with Gasteiger partial charge < -0.3 is 11.5 Å². The van der Waals surface area contributed by atoms with Crippen molar-refractivity contribution in [2.45, 2.75) is 11.8 Å². The van der Waals surface area contributed by atoms with Gasteiger partial charge in [-0.15, -0.1) is 0 Å². The maximum atomic E-state index is 11.8. The van der Waals surface area contributed by atoms with E-state index in [9.17, 15) is 13.2 Å². The third-order valence-corrected chi connectivity index (χ3v) is 4.33. The predicted molar refractivity (Wildman–Crippen MR) is 80.9 cm³/mol. The number of benzene rings is 2. The number of rotatable bonds is 3. The summed E-state index contributed by atoms with van der Waals surface area (Å²) in [5.74, 6) is 0. The van der Waals surface area contributed by atoms with Crippen LogP contribution in [0.2, 0.25) is 0 Å². The summed E-state index contributed by atoms with van der Waals surface area (Å²) in [6, 6.07) is 10.5. The summed E-state index contributed by atoms with van der Waals surface area (Å²) in [6.07, 6.45) is 0. The Morgan fingerprint density at radius 2 is 1.71 bits per heavy atom. The van der Waals surface area contributed by atoms with E-state index in [1.54, 1.807) is 22.9 Å². The van der Waals surface area contributed by atoms with Crippen LogP contribution in [0.3, 0.4) is 0 Å². The molecule has 0 bridgehead atoms. The Morgan fingerprint density at radius 3 is 2.29 bits per heavy atom. The number of nitrogens with two attached hydrogens (primary N) is 2. The van der Waals surface area contributed by atoms with Crippen LogP contribution in [0.4, 0.5) is 10.5 Å². The normalized spacial score (nSPS) is 11.1. The van der Waals surface area contributed by atoms with Crippen molar-refractivity contribution in [2.24, 2.45) is 5.73 Å². The largest absolute Gasteiger partial charge is 0.399 e. The molecule has 6 nitrogen and oxygen atoms in total. The fourth-order valence-corrected chi connectivity index (χ4v) is 2.83. The van der Waals surface area contributed by atoms with Crippen molar-refractivity contribution >= 4 is 21.7 Å². The molecule has 0 aromatic heterocycles. The number of anilines is 1. The Balaban J connectivity index is 2.40. The highest BCUT2D eigenvalue weighted by molar-refractivity contribution is 7.90. The molecule has 0 spiro atoms. The van der Waals surface area contributed by atoms with Crippen LogP contribution >= 0.6 is 0 Å². The highest BCUT2D eigenvalue weighted by atomic mass is 32.2. The molecule has 2 aromatic carbocycles. The van der Waals surface area contributed by atoms with Gasteiger partial charge in [-0.1, -0.05) is 18.2 Å². The number of urea groups is 1. The summed E-state index contributed by atoms with van der Waals surface area (Å²) in [7, 11) is -3.93. The number of aryl methyl sites for hydroxylation is 1. The van der Waals surface area contributed by atoms with Gasteiger partial charge in [-0.05, 0) is 47.9 Å². The summed E-state index contributed by atoms with van der Waals surface area (Å²) in [5, 5.41) is 0. The van der Waals surface area contributed by atoms with Gasteiger partial charge in [0.2, 0.25) is 0 Å². The van der Waals surface area contributed by atoms with E-state index in [-0.39, 0.29) is 4.90 Å². The number of nitrogens with one attached hydrogen (secondary N) is 1. The average Bonchev–Trinajstić information content (AvgIpc) is 2.40. The minimum Gasteiger partial charge on any atom is -0.399 e. The van der Waals surface area contributed by atoms with Gasteiger partial charge in [0.25, 0.3) is 10.0 Å². The Kier molecular flexibility index (Phi) is 3.86. The molecule has 0 saturated carbocycles. The van der Waals surface area contributed by atoms with E-state index in [0.717, 1.165) is 16.7 Å². The van der Waals surface area contributed by atoms with E-state index in [1.165, 1.54) is 12.1 Å². The van der Waals surface area contributed by atoms with Crippen molar-refractivity contribution in [3.8, 4) is 11.1 Å². The summed E-state index contributed by atoms with van der Waals surface area (Å²) in [4.78, 5) is 10.6. The molecule has 0 saturated heterocycles. The van der Waals surface area contributed by atoms with Crippen LogP contribution < -0.4 is 16.2 Å². The van der Waals surface area contributed by atoms with Crippen LogP contribution in [0.15, 0.2) is 47.4 Å². The number of carbonyl (C=O) groups is 1. The van der Waals surface area contributed by atoms with Gasteiger partial charge >= 0.3 is 6.03 Å². The lowest BCUT2D eigenvalue weighted by molar-refractivity contribution is 0.253. The SMILES string of the molecule is Cc1ccc(N)cc1-c1ccc(S(=O)(=O)NC(N)=O)cc1. The molecule has 0 aliphatic heterocycles. The Hall–Kier alpha value is -2.54. The average molecular weight is 305 g/mol. The van der Waals surface area contributed by atoms with Crippen molar-refractivity contribution in [2.75, 3.05) is 5.73 Å². The number of hydrogen-bond acceptors (Lipinski definition) is 4. The van der Waals surface area contributed by atoms with Crippen LogP contribution in [0.5, 0.6) is 0 Å². The lowest BCUT2D eigenvalue weighted by Crippen LogP contribution is -2.34. The number of primary amides is 1. The zero-order valence-electron chi connectivity index (χ0n) is 11.3. The van der Waals surface area contributed by atoms with Gasteiger partial charge in [-0.3, -0.25) is 0 Å². The third kappa shape index (κ3) is 3.32. The van der Waals surface area contributed by atoms with Gasteiger partial charge in [-0.2, -0.15) is 0 Å². The van der Waals surface area contributed by atoms with Gasteiger partial charge in [0.1, 0.15) is 0 Å². The van der Waals surface area contributed by atoms with E-state index >= 15 is 0 Å². The molecule has 2 amide bonds. The second kappa shape index (κ2) is 5.45. The number of sulfonamides is 1. The summed E-state index contributed by atoms with van der Waals surface area (Å²) in [6.45, 7) is 1.94. The first-order valence-corrected chi connectivity index (χ1v) is 7.57. The van der Waals surface area contributed by atoms with E-state index in [1.807, 2.05) is 19.1 Å². The van der Waals surface area contributed by atoms with E-state index < -0.39 is 16.1 Å². The summed E-state index contributed by atoms with van der Waals surface area (Å²) >= 11 is 0. The van der Waals surface area contributed by atoms with Crippen molar-refractivity contribution in [3.63, 3.8) is 0 Å². The molecule has 0 atom stereocenters. The summed E-state index contributed by atoms with van der Waals surface area (Å²) < 4.78 is 25.3. The molecule has 110 valence electrons. The van der Waals surface area contributed by atoms with Gasteiger partial charge in [0, 0.05) is 5.69 Å².